The first-order valence-corrected chi connectivity index (χ1v) is 7.68. The van der Waals surface area contributed by atoms with Crippen LogP contribution < -0.4 is 11.1 Å². The largest absolute Gasteiger partial charge is 0.398 e. The van der Waals surface area contributed by atoms with Crippen LogP contribution in [0, 0.1) is 0 Å². The van der Waals surface area contributed by atoms with Crippen LogP contribution in [0.25, 0.3) is 0 Å². The number of ether oxygens (including phenoxy) is 1. The van der Waals surface area contributed by atoms with Crippen LogP contribution in [0.4, 0.5) is 5.69 Å². The van der Waals surface area contributed by atoms with Gasteiger partial charge in [-0.3, -0.25) is 9.69 Å². The fourth-order valence-corrected chi connectivity index (χ4v) is 3.17. The van der Waals surface area contributed by atoms with Crippen molar-refractivity contribution in [3.05, 3.63) is 29.8 Å². The van der Waals surface area contributed by atoms with Gasteiger partial charge in [0.25, 0.3) is 0 Å². The Morgan fingerprint density at radius 1 is 1.43 bits per heavy atom. The lowest BCUT2D eigenvalue weighted by Crippen LogP contribution is -2.50. The van der Waals surface area contributed by atoms with Crippen LogP contribution in [0.2, 0.25) is 0 Å². The van der Waals surface area contributed by atoms with Crippen molar-refractivity contribution in [3.63, 3.8) is 0 Å². The topological polar surface area (TPSA) is 67.6 Å². The summed E-state index contributed by atoms with van der Waals surface area (Å²) in [6.07, 6.45) is 2.94. The molecule has 2 atom stereocenters. The number of anilines is 1. The zero-order valence-electron chi connectivity index (χ0n) is 12.3. The van der Waals surface area contributed by atoms with E-state index in [4.69, 9.17) is 10.5 Å². The highest BCUT2D eigenvalue weighted by atomic mass is 16.5. The molecule has 0 aliphatic carbocycles. The molecule has 2 fully saturated rings. The minimum absolute atomic E-state index is 0.0000420. The van der Waals surface area contributed by atoms with Gasteiger partial charge < -0.3 is 15.8 Å². The highest BCUT2D eigenvalue weighted by molar-refractivity contribution is 5.80. The molecule has 5 heteroatoms. The van der Waals surface area contributed by atoms with Gasteiger partial charge in [0.15, 0.2) is 0 Å². The smallest absolute Gasteiger partial charge is 0.224 e. The molecule has 21 heavy (non-hydrogen) atoms. The predicted molar refractivity (Wildman–Crippen MR) is 81.9 cm³/mol. The van der Waals surface area contributed by atoms with Gasteiger partial charge in [-0.15, -0.1) is 0 Å². The van der Waals surface area contributed by atoms with Crippen molar-refractivity contribution in [1.82, 2.24) is 10.2 Å². The lowest BCUT2D eigenvalue weighted by atomic mass is 10.1. The summed E-state index contributed by atoms with van der Waals surface area (Å²) in [6, 6.07) is 8.08. The van der Waals surface area contributed by atoms with Gasteiger partial charge >= 0.3 is 0 Å². The maximum atomic E-state index is 12.0. The maximum Gasteiger partial charge on any atom is 0.224 e. The van der Waals surface area contributed by atoms with Crippen molar-refractivity contribution in [3.8, 4) is 0 Å². The van der Waals surface area contributed by atoms with Gasteiger partial charge in [0.1, 0.15) is 0 Å². The lowest BCUT2D eigenvalue weighted by molar-refractivity contribution is -0.121. The third-order valence-corrected chi connectivity index (χ3v) is 4.39. The van der Waals surface area contributed by atoms with Gasteiger partial charge in [0, 0.05) is 24.8 Å². The Labute approximate surface area is 125 Å². The monoisotopic (exact) mass is 289 g/mol. The first-order chi connectivity index (χ1) is 10.2. The Balaban J connectivity index is 1.45. The Morgan fingerprint density at radius 3 is 3.14 bits per heavy atom. The van der Waals surface area contributed by atoms with E-state index in [1.54, 1.807) is 0 Å². The van der Waals surface area contributed by atoms with Crippen LogP contribution in [0.5, 0.6) is 0 Å². The van der Waals surface area contributed by atoms with Crippen LogP contribution in [0.3, 0.4) is 0 Å². The summed E-state index contributed by atoms with van der Waals surface area (Å²) < 4.78 is 5.84. The van der Waals surface area contributed by atoms with Crippen molar-refractivity contribution in [2.75, 3.05) is 32.0 Å². The molecule has 5 nitrogen and oxygen atoms in total. The molecule has 2 aliphatic rings. The molecule has 0 bridgehead atoms. The molecule has 0 radical (unpaired) electrons. The number of nitrogens with two attached hydrogens (primary N) is 1. The average Bonchev–Trinajstić information content (AvgIpc) is 2.95. The van der Waals surface area contributed by atoms with Gasteiger partial charge in [-0.25, -0.2) is 0 Å². The highest BCUT2D eigenvalue weighted by Gasteiger charge is 2.32. The van der Waals surface area contributed by atoms with E-state index in [0.717, 1.165) is 18.7 Å². The Morgan fingerprint density at radius 2 is 2.29 bits per heavy atom. The lowest BCUT2D eigenvalue weighted by Gasteiger charge is -2.35. The number of nitrogens with one attached hydrogen (secondary N) is 1. The second kappa shape index (κ2) is 6.45. The number of rotatable bonds is 4. The molecule has 114 valence electrons. The third kappa shape index (κ3) is 3.54. The number of para-hydroxylation sites is 1. The number of fused-ring (bicyclic) bond motifs is 1. The first-order valence-electron chi connectivity index (χ1n) is 7.68. The number of nitrogens with zero attached hydrogens (tertiary/aromatic N) is 1. The standard InChI is InChI=1S/C16H23N3O2/c17-15-6-2-1-4-12(15)8-16(20)18-9-14-10-19-7-3-5-13(19)11-21-14/h1-2,4,6,13-14H,3,5,7-11,17H2,(H,18,20). The molecule has 1 amide bonds. The maximum absolute atomic E-state index is 12.0. The molecule has 2 aliphatic heterocycles. The van der Waals surface area contributed by atoms with Gasteiger partial charge in [-0.05, 0) is 31.0 Å². The molecule has 1 aromatic rings. The van der Waals surface area contributed by atoms with E-state index in [2.05, 4.69) is 10.2 Å². The number of benzene rings is 1. The minimum Gasteiger partial charge on any atom is -0.398 e. The van der Waals surface area contributed by atoms with E-state index >= 15 is 0 Å². The van der Waals surface area contributed by atoms with E-state index in [1.807, 2.05) is 24.3 Å². The number of hydrogen-bond acceptors (Lipinski definition) is 4. The number of nitrogen functional groups attached to an aromatic ring is 1. The summed E-state index contributed by atoms with van der Waals surface area (Å²) in [4.78, 5) is 14.5. The van der Waals surface area contributed by atoms with E-state index in [-0.39, 0.29) is 12.0 Å². The summed E-state index contributed by atoms with van der Waals surface area (Å²) in [6.45, 7) is 3.47. The van der Waals surface area contributed by atoms with Crippen LogP contribution in [-0.2, 0) is 16.0 Å². The first kappa shape index (κ1) is 14.4. The molecule has 2 saturated heterocycles. The molecule has 3 N–H and O–H groups in total. The Bertz CT molecular complexity index is 506. The zero-order chi connectivity index (χ0) is 14.7. The third-order valence-electron chi connectivity index (χ3n) is 4.39. The average molecular weight is 289 g/mol. The Kier molecular flexibility index (Phi) is 4.41. The number of carbonyl (C=O) groups excluding carboxylic acids is 1. The molecule has 2 unspecified atom stereocenters. The van der Waals surface area contributed by atoms with E-state index < -0.39 is 0 Å². The van der Waals surface area contributed by atoms with Crippen molar-refractivity contribution in [2.45, 2.75) is 31.4 Å². The molecule has 0 saturated carbocycles. The normalized spacial score (nSPS) is 25.5. The van der Waals surface area contributed by atoms with Crippen LogP contribution >= 0.6 is 0 Å². The number of hydrogen-bond donors (Lipinski definition) is 2. The number of amides is 1. The van der Waals surface area contributed by atoms with Crippen molar-refractivity contribution >= 4 is 11.6 Å². The fraction of sp³-hybridized carbons (Fsp3) is 0.562. The molecule has 2 heterocycles. The van der Waals surface area contributed by atoms with Crippen molar-refractivity contribution in [2.24, 2.45) is 0 Å². The number of carbonyl (C=O) groups is 1. The fourth-order valence-electron chi connectivity index (χ4n) is 3.17. The van der Waals surface area contributed by atoms with Crippen LogP contribution in [-0.4, -0.2) is 49.2 Å². The van der Waals surface area contributed by atoms with Gasteiger partial charge in [-0.1, -0.05) is 18.2 Å². The van der Waals surface area contributed by atoms with Gasteiger partial charge in [0.05, 0.1) is 19.1 Å². The van der Waals surface area contributed by atoms with Crippen molar-refractivity contribution < 1.29 is 9.53 Å². The quantitative estimate of drug-likeness (QED) is 0.804. The second-order valence-corrected chi connectivity index (χ2v) is 5.93. The minimum atomic E-state index is 0.0000420. The molecule has 3 rings (SSSR count). The molecular weight excluding hydrogens is 266 g/mol. The molecular formula is C16H23N3O2. The summed E-state index contributed by atoms with van der Waals surface area (Å²) in [7, 11) is 0. The van der Waals surface area contributed by atoms with Crippen LogP contribution in [0.15, 0.2) is 24.3 Å². The highest BCUT2D eigenvalue weighted by Crippen LogP contribution is 2.22. The summed E-state index contributed by atoms with van der Waals surface area (Å²) >= 11 is 0. The zero-order valence-corrected chi connectivity index (χ0v) is 12.3. The molecule has 1 aromatic carbocycles. The summed E-state index contributed by atoms with van der Waals surface area (Å²) in [5.41, 5.74) is 7.40. The van der Waals surface area contributed by atoms with Gasteiger partial charge in [0.2, 0.25) is 5.91 Å². The summed E-state index contributed by atoms with van der Waals surface area (Å²) in [5.74, 6) is 0.0000420. The predicted octanol–water partition coefficient (Wildman–Crippen LogP) is 0.791. The van der Waals surface area contributed by atoms with Crippen LogP contribution in [0.1, 0.15) is 18.4 Å². The number of morpholine rings is 1. The van der Waals surface area contributed by atoms with Gasteiger partial charge in [-0.2, -0.15) is 0 Å². The van der Waals surface area contributed by atoms with Crippen molar-refractivity contribution in [1.29, 1.82) is 0 Å². The summed E-state index contributed by atoms with van der Waals surface area (Å²) in [5, 5.41) is 2.96. The van der Waals surface area contributed by atoms with E-state index in [0.29, 0.717) is 24.7 Å². The second-order valence-electron chi connectivity index (χ2n) is 5.93. The molecule has 0 aromatic heterocycles. The molecule has 0 spiro atoms. The van der Waals surface area contributed by atoms with E-state index in [9.17, 15) is 4.79 Å². The Hall–Kier alpha value is -1.59. The SMILES string of the molecule is Nc1ccccc1CC(=O)NCC1CN2CCCC2CO1. The van der Waals surface area contributed by atoms with E-state index in [1.165, 1.54) is 19.4 Å².